The van der Waals surface area contributed by atoms with Gasteiger partial charge in [-0.3, -0.25) is 4.79 Å². The third kappa shape index (κ3) is 7.22. The van der Waals surface area contributed by atoms with Gasteiger partial charge in [0, 0.05) is 11.9 Å². The second-order valence-corrected chi connectivity index (χ2v) is 9.87. The molecule has 25 heavy (non-hydrogen) atoms. The molecule has 10 heteroatoms. The Bertz CT molecular complexity index is 858. The van der Waals surface area contributed by atoms with E-state index >= 15 is 0 Å². The number of sulfone groups is 2. The van der Waals surface area contributed by atoms with E-state index in [4.69, 9.17) is 5.11 Å². The third-order valence-electron chi connectivity index (χ3n) is 3.28. The van der Waals surface area contributed by atoms with Crippen molar-refractivity contribution in [1.82, 2.24) is 0 Å². The van der Waals surface area contributed by atoms with Crippen molar-refractivity contribution in [3.63, 3.8) is 0 Å². The molecule has 0 aliphatic heterocycles. The Kier molecular flexibility index (Phi) is 7.12. The largest absolute Gasteiger partial charge is 0.478 e. The number of rotatable bonds is 9. The van der Waals surface area contributed by atoms with Crippen molar-refractivity contribution in [2.45, 2.75) is 31.1 Å². The van der Waals surface area contributed by atoms with E-state index in [9.17, 15) is 26.4 Å². The van der Waals surface area contributed by atoms with Crippen LogP contribution >= 0.6 is 0 Å². The summed E-state index contributed by atoms with van der Waals surface area (Å²) in [5.74, 6) is -3.08. The summed E-state index contributed by atoms with van der Waals surface area (Å²) in [5, 5.41) is 11.3. The van der Waals surface area contributed by atoms with Crippen LogP contribution in [-0.2, 0) is 24.5 Å². The number of benzene rings is 1. The van der Waals surface area contributed by atoms with Crippen LogP contribution in [-0.4, -0.2) is 51.6 Å². The number of carbonyl (C=O) groups is 2. The Labute approximate surface area is 147 Å². The normalized spacial score (nSPS) is 11.9. The Balaban J connectivity index is 2.97. The lowest BCUT2D eigenvalue weighted by Crippen LogP contribution is -2.25. The number of amides is 1. The maximum atomic E-state index is 11.9. The minimum atomic E-state index is -3.70. The monoisotopic (exact) mass is 391 g/mol. The van der Waals surface area contributed by atoms with Crippen LogP contribution in [0.5, 0.6) is 0 Å². The SMILES string of the molecule is CCCCCS(=O)(=O)CC(=O)Nc1cc(C(=O)O)cc(S(C)(=O)=O)c1. The highest BCUT2D eigenvalue weighted by atomic mass is 32.2. The van der Waals surface area contributed by atoms with Gasteiger partial charge in [-0.05, 0) is 24.6 Å². The number of carboxylic acids is 1. The number of hydrogen-bond acceptors (Lipinski definition) is 6. The highest BCUT2D eigenvalue weighted by Crippen LogP contribution is 2.19. The van der Waals surface area contributed by atoms with Gasteiger partial charge in [0.2, 0.25) is 5.91 Å². The molecule has 1 aromatic carbocycles. The Morgan fingerprint density at radius 3 is 2.24 bits per heavy atom. The van der Waals surface area contributed by atoms with E-state index < -0.39 is 37.3 Å². The van der Waals surface area contributed by atoms with E-state index in [1.54, 1.807) is 0 Å². The molecule has 0 radical (unpaired) electrons. The zero-order valence-corrected chi connectivity index (χ0v) is 15.6. The minimum Gasteiger partial charge on any atom is -0.478 e. The first-order chi connectivity index (χ1) is 11.4. The Morgan fingerprint density at radius 2 is 1.72 bits per heavy atom. The van der Waals surface area contributed by atoms with Gasteiger partial charge in [0.25, 0.3) is 0 Å². The average Bonchev–Trinajstić information content (AvgIpc) is 2.45. The van der Waals surface area contributed by atoms with E-state index in [1.807, 2.05) is 6.92 Å². The van der Waals surface area contributed by atoms with Crippen molar-refractivity contribution in [2.75, 3.05) is 23.1 Å². The molecule has 1 aromatic rings. The van der Waals surface area contributed by atoms with Crippen molar-refractivity contribution < 1.29 is 31.5 Å². The molecule has 0 spiro atoms. The number of carbonyl (C=O) groups excluding carboxylic acids is 1. The molecular formula is C15H21NO7S2. The van der Waals surface area contributed by atoms with Crippen LogP contribution in [0.3, 0.4) is 0 Å². The molecule has 0 heterocycles. The van der Waals surface area contributed by atoms with Gasteiger partial charge in [-0.2, -0.15) is 0 Å². The van der Waals surface area contributed by atoms with Gasteiger partial charge in [-0.1, -0.05) is 19.8 Å². The molecule has 0 saturated carbocycles. The fraction of sp³-hybridized carbons (Fsp3) is 0.467. The first-order valence-corrected chi connectivity index (χ1v) is 11.2. The van der Waals surface area contributed by atoms with Crippen LogP contribution < -0.4 is 5.32 Å². The van der Waals surface area contributed by atoms with Crippen molar-refractivity contribution in [3.05, 3.63) is 23.8 Å². The fourth-order valence-corrected chi connectivity index (χ4v) is 3.99. The summed E-state index contributed by atoms with van der Waals surface area (Å²) in [6.45, 7) is 1.92. The summed E-state index contributed by atoms with van der Waals surface area (Å²) in [7, 11) is -7.28. The minimum absolute atomic E-state index is 0.0888. The molecule has 0 aromatic heterocycles. The molecule has 140 valence electrons. The van der Waals surface area contributed by atoms with Crippen LogP contribution in [0.15, 0.2) is 23.1 Å². The molecule has 0 aliphatic carbocycles. The van der Waals surface area contributed by atoms with E-state index in [0.717, 1.165) is 37.3 Å². The molecular weight excluding hydrogens is 370 g/mol. The Morgan fingerprint density at radius 1 is 1.08 bits per heavy atom. The van der Waals surface area contributed by atoms with Crippen molar-refractivity contribution in [3.8, 4) is 0 Å². The summed E-state index contributed by atoms with van der Waals surface area (Å²) in [5.41, 5.74) is -0.418. The predicted molar refractivity (Wildman–Crippen MR) is 93.3 cm³/mol. The molecule has 0 aliphatic rings. The standard InChI is InChI=1S/C15H21NO7S2/c1-3-4-5-6-25(22,23)10-14(17)16-12-7-11(15(18)19)8-13(9-12)24(2,20)21/h7-9H,3-6,10H2,1-2H3,(H,16,17)(H,18,19). The second-order valence-electron chi connectivity index (χ2n) is 5.67. The fourth-order valence-electron chi connectivity index (χ4n) is 2.05. The van der Waals surface area contributed by atoms with Crippen LogP contribution in [0.1, 0.15) is 36.5 Å². The predicted octanol–water partition coefficient (Wildman–Crippen LogP) is 1.33. The highest BCUT2D eigenvalue weighted by Gasteiger charge is 2.18. The topological polar surface area (TPSA) is 135 Å². The van der Waals surface area contributed by atoms with Crippen LogP contribution in [0, 0.1) is 0 Å². The molecule has 0 fully saturated rings. The number of hydrogen-bond donors (Lipinski definition) is 2. The molecule has 8 nitrogen and oxygen atoms in total. The van der Waals surface area contributed by atoms with Gasteiger partial charge in [0.05, 0.1) is 16.2 Å². The van der Waals surface area contributed by atoms with E-state index in [1.165, 1.54) is 0 Å². The Hall–Kier alpha value is -1.94. The summed E-state index contributed by atoms with van der Waals surface area (Å²) in [6, 6.07) is 3.12. The van der Waals surface area contributed by atoms with E-state index in [2.05, 4.69) is 5.32 Å². The smallest absolute Gasteiger partial charge is 0.335 e. The first-order valence-electron chi connectivity index (χ1n) is 7.53. The number of unbranched alkanes of at least 4 members (excludes halogenated alkanes) is 2. The number of nitrogens with one attached hydrogen (secondary N) is 1. The molecule has 1 amide bonds. The lowest BCUT2D eigenvalue weighted by molar-refractivity contribution is -0.113. The lowest BCUT2D eigenvalue weighted by atomic mass is 10.2. The quantitative estimate of drug-likeness (QED) is 0.606. The van der Waals surface area contributed by atoms with Crippen LogP contribution in [0.2, 0.25) is 0 Å². The third-order valence-corrected chi connectivity index (χ3v) is 5.98. The number of aromatic carboxylic acids is 1. The van der Waals surface area contributed by atoms with Gasteiger partial charge in [-0.15, -0.1) is 0 Å². The molecule has 0 saturated heterocycles. The van der Waals surface area contributed by atoms with Crippen LogP contribution in [0.4, 0.5) is 5.69 Å². The van der Waals surface area contributed by atoms with Gasteiger partial charge in [0.1, 0.15) is 5.75 Å². The van der Waals surface area contributed by atoms with Gasteiger partial charge >= 0.3 is 5.97 Å². The van der Waals surface area contributed by atoms with Gasteiger partial charge in [0.15, 0.2) is 19.7 Å². The maximum absolute atomic E-state index is 11.9. The zero-order chi connectivity index (χ0) is 19.3. The van der Waals surface area contributed by atoms with E-state index in [0.29, 0.717) is 6.42 Å². The maximum Gasteiger partial charge on any atom is 0.335 e. The summed E-state index contributed by atoms with van der Waals surface area (Å²) in [4.78, 5) is 22.7. The van der Waals surface area contributed by atoms with Crippen molar-refractivity contribution in [1.29, 1.82) is 0 Å². The second kappa shape index (κ2) is 8.43. The van der Waals surface area contributed by atoms with Crippen molar-refractivity contribution in [2.24, 2.45) is 0 Å². The molecule has 0 bridgehead atoms. The van der Waals surface area contributed by atoms with Gasteiger partial charge < -0.3 is 10.4 Å². The molecule has 0 unspecified atom stereocenters. The van der Waals surface area contributed by atoms with E-state index in [-0.39, 0.29) is 21.9 Å². The summed E-state index contributed by atoms with van der Waals surface area (Å²) < 4.78 is 47.0. The van der Waals surface area contributed by atoms with Crippen LogP contribution in [0.25, 0.3) is 0 Å². The zero-order valence-electron chi connectivity index (χ0n) is 14.0. The number of anilines is 1. The van der Waals surface area contributed by atoms with Crippen molar-refractivity contribution >= 4 is 37.2 Å². The summed E-state index contributed by atoms with van der Waals surface area (Å²) in [6.07, 6.45) is 2.94. The number of carboxylic acid groups (broad SMARTS) is 1. The van der Waals surface area contributed by atoms with Gasteiger partial charge in [-0.25, -0.2) is 21.6 Å². The average molecular weight is 391 g/mol. The molecule has 0 atom stereocenters. The lowest BCUT2D eigenvalue weighted by Gasteiger charge is -2.09. The molecule has 2 N–H and O–H groups in total. The highest BCUT2D eigenvalue weighted by molar-refractivity contribution is 7.92. The summed E-state index contributed by atoms with van der Waals surface area (Å²) >= 11 is 0. The first kappa shape index (κ1) is 21.1. The molecule has 1 rings (SSSR count).